The molecule has 10 nitrogen and oxygen atoms in total. The molecule has 1 atom stereocenters. The zero-order chi connectivity index (χ0) is 23.5. The summed E-state index contributed by atoms with van der Waals surface area (Å²) in [5, 5.41) is 11.3. The SMILES string of the molecule is c1cc2c(N[C@@H]3CCNC3)nc(-c3ccnc(Nc4ccc(N5CCOCC5)nc4)c3)nc2cn1. The van der Waals surface area contributed by atoms with Crippen LogP contribution in [-0.4, -0.2) is 70.4 Å². The smallest absolute Gasteiger partial charge is 0.162 e. The van der Waals surface area contributed by atoms with E-state index in [0.717, 1.165) is 79.6 Å². The van der Waals surface area contributed by atoms with E-state index < -0.39 is 0 Å². The van der Waals surface area contributed by atoms with Crippen LogP contribution in [0.15, 0.2) is 55.1 Å². The van der Waals surface area contributed by atoms with Gasteiger partial charge in [0.1, 0.15) is 17.5 Å². The number of ether oxygens (including phenoxy) is 1. The maximum Gasteiger partial charge on any atom is 0.162 e. The van der Waals surface area contributed by atoms with Crippen LogP contribution in [0.5, 0.6) is 0 Å². The summed E-state index contributed by atoms with van der Waals surface area (Å²) in [5.41, 5.74) is 2.55. The minimum atomic E-state index is 0.344. The van der Waals surface area contributed by atoms with Gasteiger partial charge in [-0.05, 0) is 43.3 Å². The fraction of sp³-hybridized carbons (Fsp3) is 0.320. The first-order chi connectivity index (χ1) is 17.3. The number of nitrogens with one attached hydrogen (secondary N) is 3. The molecule has 0 saturated carbocycles. The number of fused-ring (bicyclic) bond motifs is 1. The largest absolute Gasteiger partial charge is 0.378 e. The number of hydrogen-bond acceptors (Lipinski definition) is 10. The molecular formula is C25H27N9O. The van der Waals surface area contributed by atoms with Crippen molar-refractivity contribution in [1.29, 1.82) is 0 Å². The monoisotopic (exact) mass is 469 g/mol. The Kier molecular flexibility index (Phi) is 6.04. The van der Waals surface area contributed by atoms with E-state index in [1.807, 2.05) is 36.5 Å². The van der Waals surface area contributed by atoms with Gasteiger partial charge in [-0.2, -0.15) is 0 Å². The van der Waals surface area contributed by atoms with Gasteiger partial charge in [0.05, 0.1) is 36.8 Å². The predicted molar refractivity (Wildman–Crippen MR) is 136 cm³/mol. The average Bonchev–Trinajstić information content (AvgIpc) is 3.43. The van der Waals surface area contributed by atoms with Crippen molar-refractivity contribution in [2.75, 3.05) is 54.9 Å². The minimum Gasteiger partial charge on any atom is -0.378 e. The lowest BCUT2D eigenvalue weighted by atomic mass is 10.2. The van der Waals surface area contributed by atoms with Crippen LogP contribution in [0, 0.1) is 0 Å². The summed E-state index contributed by atoms with van der Waals surface area (Å²) in [6.45, 7) is 5.13. The van der Waals surface area contributed by atoms with Gasteiger partial charge in [-0.3, -0.25) is 4.98 Å². The molecule has 3 N–H and O–H groups in total. The van der Waals surface area contributed by atoms with Crippen LogP contribution in [-0.2, 0) is 4.74 Å². The summed E-state index contributed by atoms with van der Waals surface area (Å²) in [7, 11) is 0. The molecule has 0 unspecified atom stereocenters. The first-order valence-corrected chi connectivity index (χ1v) is 11.9. The van der Waals surface area contributed by atoms with Gasteiger partial charge in [0, 0.05) is 49.0 Å². The van der Waals surface area contributed by atoms with Crippen molar-refractivity contribution in [1.82, 2.24) is 30.2 Å². The van der Waals surface area contributed by atoms with E-state index in [0.29, 0.717) is 17.7 Å². The van der Waals surface area contributed by atoms with E-state index in [-0.39, 0.29) is 0 Å². The molecule has 6 rings (SSSR count). The summed E-state index contributed by atoms with van der Waals surface area (Å²) in [4.78, 5) is 25.2. The van der Waals surface area contributed by atoms with Crippen molar-refractivity contribution in [3.63, 3.8) is 0 Å². The average molecular weight is 470 g/mol. The highest BCUT2D eigenvalue weighted by Crippen LogP contribution is 2.27. The Morgan fingerprint density at radius 2 is 1.94 bits per heavy atom. The molecule has 6 heterocycles. The third kappa shape index (κ3) is 4.84. The summed E-state index contributed by atoms with van der Waals surface area (Å²) >= 11 is 0. The second-order valence-corrected chi connectivity index (χ2v) is 8.68. The maximum atomic E-state index is 5.43. The number of nitrogens with zero attached hydrogens (tertiary/aromatic N) is 6. The molecule has 10 heteroatoms. The van der Waals surface area contributed by atoms with E-state index in [9.17, 15) is 0 Å². The Balaban J connectivity index is 1.25. The number of pyridine rings is 3. The molecule has 35 heavy (non-hydrogen) atoms. The molecule has 178 valence electrons. The Morgan fingerprint density at radius 1 is 1.00 bits per heavy atom. The summed E-state index contributed by atoms with van der Waals surface area (Å²) in [6, 6.07) is 10.2. The molecule has 4 aromatic rings. The molecule has 0 amide bonds. The zero-order valence-electron chi connectivity index (χ0n) is 19.3. The Hall–Kier alpha value is -3.89. The van der Waals surface area contributed by atoms with Crippen LogP contribution in [0.25, 0.3) is 22.3 Å². The molecule has 0 radical (unpaired) electrons. The lowest BCUT2D eigenvalue weighted by Crippen LogP contribution is -2.36. The number of rotatable bonds is 6. The molecule has 0 spiro atoms. The quantitative estimate of drug-likeness (QED) is 0.390. The highest BCUT2D eigenvalue weighted by molar-refractivity contribution is 5.90. The van der Waals surface area contributed by atoms with Crippen molar-refractivity contribution in [3.8, 4) is 11.4 Å². The van der Waals surface area contributed by atoms with Gasteiger partial charge in [-0.25, -0.2) is 19.9 Å². The Labute approximate surface area is 203 Å². The van der Waals surface area contributed by atoms with Crippen molar-refractivity contribution in [2.45, 2.75) is 12.5 Å². The molecule has 0 aromatic carbocycles. The van der Waals surface area contributed by atoms with Crippen LogP contribution in [0.1, 0.15) is 6.42 Å². The minimum absolute atomic E-state index is 0.344. The standard InChI is InChI=1S/C25H27N9O/c1-2-23(34-9-11-35-12-10-34)29-15-18(1)30-22-13-17(3-8-28-22)24-32-21-16-27-7-5-20(21)25(33-24)31-19-4-6-26-14-19/h1-3,5,7-8,13,15-16,19,26H,4,6,9-12,14H2,(H,28,30)(H,31,32,33)/t19-/m1/s1. The van der Waals surface area contributed by atoms with Gasteiger partial charge in [0.25, 0.3) is 0 Å². The topological polar surface area (TPSA) is 113 Å². The molecule has 2 fully saturated rings. The van der Waals surface area contributed by atoms with Crippen LogP contribution in [0.4, 0.5) is 23.1 Å². The van der Waals surface area contributed by atoms with Gasteiger partial charge in [0.15, 0.2) is 5.82 Å². The first-order valence-electron chi connectivity index (χ1n) is 11.9. The Bertz CT molecular complexity index is 1300. The molecule has 0 bridgehead atoms. The van der Waals surface area contributed by atoms with Crippen molar-refractivity contribution >= 4 is 34.0 Å². The lowest BCUT2D eigenvalue weighted by molar-refractivity contribution is 0.122. The molecular weight excluding hydrogens is 442 g/mol. The van der Waals surface area contributed by atoms with Gasteiger partial charge < -0.3 is 25.6 Å². The van der Waals surface area contributed by atoms with Gasteiger partial charge in [0.2, 0.25) is 0 Å². The summed E-state index contributed by atoms with van der Waals surface area (Å²) in [6.07, 6.45) is 8.21. The number of morpholine rings is 1. The van der Waals surface area contributed by atoms with Crippen LogP contribution >= 0.6 is 0 Å². The van der Waals surface area contributed by atoms with Gasteiger partial charge >= 0.3 is 0 Å². The van der Waals surface area contributed by atoms with Gasteiger partial charge in [-0.1, -0.05) is 0 Å². The van der Waals surface area contributed by atoms with E-state index in [2.05, 4.69) is 35.8 Å². The van der Waals surface area contributed by atoms with Crippen LogP contribution < -0.4 is 20.9 Å². The van der Waals surface area contributed by atoms with Crippen molar-refractivity contribution in [3.05, 3.63) is 55.1 Å². The van der Waals surface area contributed by atoms with Crippen molar-refractivity contribution in [2.24, 2.45) is 0 Å². The predicted octanol–water partition coefficient (Wildman–Crippen LogP) is 2.84. The normalized spacial score (nSPS) is 18.1. The zero-order valence-corrected chi connectivity index (χ0v) is 19.3. The van der Waals surface area contributed by atoms with Crippen LogP contribution in [0.2, 0.25) is 0 Å². The van der Waals surface area contributed by atoms with E-state index in [1.165, 1.54) is 0 Å². The molecule has 0 aliphatic carbocycles. The lowest BCUT2D eigenvalue weighted by Gasteiger charge is -2.27. The van der Waals surface area contributed by atoms with E-state index in [1.54, 1.807) is 18.6 Å². The number of aromatic nitrogens is 5. The fourth-order valence-corrected chi connectivity index (χ4v) is 4.42. The molecule has 2 aliphatic heterocycles. The van der Waals surface area contributed by atoms with Crippen molar-refractivity contribution < 1.29 is 4.74 Å². The van der Waals surface area contributed by atoms with Gasteiger partial charge in [-0.15, -0.1) is 0 Å². The van der Waals surface area contributed by atoms with E-state index in [4.69, 9.17) is 14.7 Å². The second-order valence-electron chi connectivity index (χ2n) is 8.68. The third-order valence-electron chi connectivity index (χ3n) is 6.27. The van der Waals surface area contributed by atoms with E-state index >= 15 is 0 Å². The highest BCUT2D eigenvalue weighted by Gasteiger charge is 2.18. The first kappa shape index (κ1) is 21.6. The Morgan fingerprint density at radius 3 is 2.77 bits per heavy atom. The summed E-state index contributed by atoms with van der Waals surface area (Å²) < 4.78 is 5.43. The fourth-order valence-electron chi connectivity index (χ4n) is 4.42. The highest BCUT2D eigenvalue weighted by atomic mass is 16.5. The molecule has 2 aliphatic rings. The summed E-state index contributed by atoms with van der Waals surface area (Å²) in [5.74, 6) is 3.12. The molecule has 2 saturated heterocycles. The second kappa shape index (κ2) is 9.77. The third-order valence-corrected chi connectivity index (χ3v) is 6.27. The molecule has 4 aromatic heterocycles. The number of anilines is 4. The number of hydrogen-bond donors (Lipinski definition) is 3. The van der Waals surface area contributed by atoms with Crippen LogP contribution in [0.3, 0.4) is 0 Å². The maximum absolute atomic E-state index is 5.43.